The highest BCUT2D eigenvalue weighted by molar-refractivity contribution is 7.90. The molecule has 21 heavy (non-hydrogen) atoms. The second-order valence-electron chi connectivity index (χ2n) is 6.30. The van der Waals surface area contributed by atoms with Gasteiger partial charge in [-0.05, 0) is 31.6 Å². The van der Waals surface area contributed by atoms with Crippen molar-refractivity contribution >= 4 is 21.2 Å². The first-order valence-electron chi connectivity index (χ1n) is 7.85. The fourth-order valence-electron chi connectivity index (χ4n) is 3.33. The number of rotatable bonds is 5. The molecule has 0 radical (unpaired) electrons. The van der Waals surface area contributed by atoms with E-state index in [9.17, 15) is 8.42 Å². The maximum atomic E-state index is 12.3. The van der Waals surface area contributed by atoms with Crippen molar-refractivity contribution in [3.8, 4) is 0 Å². The van der Waals surface area contributed by atoms with Gasteiger partial charge in [-0.15, -0.1) is 11.3 Å². The maximum absolute atomic E-state index is 12.3. The van der Waals surface area contributed by atoms with Crippen LogP contribution in [0.3, 0.4) is 0 Å². The van der Waals surface area contributed by atoms with Gasteiger partial charge in [-0.25, -0.2) is 13.4 Å². The highest BCUT2D eigenvalue weighted by Crippen LogP contribution is 2.35. The molecule has 1 aromatic rings. The molecule has 1 aromatic heterocycles. The lowest BCUT2D eigenvalue weighted by molar-refractivity contribution is 0.0626. The van der Waals surface area contributed by atoms with Crippen LogP contribution in [-0.4, -0.2) is 32.4 Å². The van der Waals surface area contributed by atoms with E-state index in [1.165, 1.54) is 25.7 Å². The second kappa shape index (κ2) is 6.75. The average molecular weight is 329 g/mol. The molecule has 118 valence electrons. The first-order valence-corrected chi connectivity index (χ1v) is 10.5. The summed E-state index contributed by atoms with van der Waals surface area (Å²) in [5, 5.41) is 3.07. The maximum Gasteiger partial charge on any atom is 0.156 e. The molecule has 1 aliphatic heterocycles. The molecule has 0 N–H and O–H groups in total. The fraction of sp³-hybridized carbons (Fsp3) is 0.800. The molecule has 0 bridgehead atoms. The number of hydrogen-bond acceptors (Lipinski definition) is 5. The summed E-state index contributed by atoms with van der Waals surface area (Å²) < 4.78 is 30.0. The van der Waals surface area contributed by atoms with Crippen LogP contribution in [0.1, 0.15) is 55.1 Å². The second-order valence-corrected chi connectivity index (χ2v) is 9.30. The fourth-order valence-corrected chi connectivity index (χ4v) is 6.13. The Kier molecular flexibility index (Phi) is 4.96. The lowest BCUT2D eigenvalue weighted by Crippen LogP contribution is -2.25. The number of aromatic nitrogens is 1. The van der Waals surface area contributed by atoms with Crippen molar-refractivity contribution in [3.05, 3.63) is 16.1 Å². The molecule has 3 rings (SSSR count). The molecule has 1 aliphatic carbocycles. The first kappa shape index (κ1) is 15.4. The molecule has 1 atom stereocenters. The zero-order valence-electron chi connectivity index (χ0n) is 12.3. The molecule has 2 fully saturated rings. The quantitative estimate of drug-likeness (QED) is 0.833. The summed E-state index contributed by atoms with van der Waals surface area (Å²) in [6.45, 7) is 1.36. The van der Waals surface area contributed by atoms with Gasteiger partial charge in [-0.2, -0.15) is 0 Å². The summed E-state index contributed by atoms with van der Waals surface area (Å²) in [6, 6.07) is 0. The Bertz CT molecular complexity index is 555. The van der Waals surface area contributed by atoms with Crippen LogP contribution in [0.2, 0.25) is 0 Å². The van der Waals surface area contributed by atoms with Gasteiger partial charge in [-0.3, -0.25) is 0 Å². The minimum atomic E-state index is -3.08. The van der Waals surface area contributed by atoms with E-state index in [1.54, 1.807) is 11.3 Å². The van der Waals surface area contributed by atoms with E-state index in [1.807, 2.05) is 5.38 Å². The molecular formula is C15H23NO3S2. The number of ether oxygens (including phenoxy) is 1. The summed E-state index contributed by atoms with van der Waals surface area (Å²) in [4.78, 5) is 4.58. The van der Waals surface area contributed by atoms with Crippen molar-refractivity contribution in [2.45, 2.75) is 50.2 Å². The van der Waals surface area contributed by atoms with Gasteiger partial charge in [0, 0.05) is 17.9 Å². The summed E-state index contributed by atoms with van der Waals surface area (Å²) in [5.74, 6) is 1.06. The summed E-state index contributed by atoms with van der Waals surface area (Å²) in [7, 11) is -3.08. The molecule has 4 nitrogen and oxygen atoms in total. The van der Waals surface area contributed by atoms with Gasteiger partial charge < -0.3 is 4.74 Å². The number of sulfone groups is 1. The topological polar surface area (TPSA) is 56.3 Å². The zero-order chi connectivity index (χ0) is 14.7. The van der Waals surface area contributed by atoms with E-state index in [2.05, 4.69) is 4.98 Å². The lowest BCUT2D eigenvalue weighted by Gasteiger charge is -2.21. The molecule has 6 heteroatoms. The van der Waals surface area contributed by atoms with Gasteiger partial charge in [0.2, 0.25) is 0 Å². The van der Waals surface area contributed by atoms with Gasteiger partial charge in [0.25, 0.3) is 0 Å². The van der Waals surface area contributed by atoms with Crippen LogP contribution in [0, 0.1) is 5.92 Å². The molecule has 1 saturated heterocycles. The Labute approximate surface area is 130 Å². The van der Waals surface area contributed by atoms with Gasteiger partial charge in [0.15, 0.2) is 9.84 Å². The van der Waals surface area contributed by atoms with E-state index < -0.39 is 9.84 Å². The van der Waals surface area contributed by atoms with Crippen molar-refractivity contribution in [1.29, 1.82) is 0 Å². The largest absolute Gasteiger partial charge is 0.381 e. The third kappa shape index (κ3) is 4.27. The van der Waals surface area contributed by atoms with Crippen LogP contribution in [-0.2, 0) is 20.3 Å². The van der Waals surface area contributed by atoms with Crippen molar-refractivity contribution in [3.63, 3.8) is 0 Å². The predicted molar refractivity (Wildman–Crippen MR) is 84.4 cm³/mol. The monoisotopic (exact) mass is 329 g/mol. The van der Waals surface area contributed by atoms with E-state index in [4.69, 9.17) is 4.74 Å². The van der Waals surface area contributed by atoms with E-state index >= 15 is 0 Å². The predicted octanol–water partition coefficient (Wildman–Crippen LogP) is 3.14. The lowest BCUT2D eigenvalue weighted by atomic mass is 10.1. The van der Waals surface area contributed by atoms with Crippen LogP contribution >= 0.6 is 11.3 Å². The van der Waals surface area contributed by atoms with Crippen molar-refractivity contribution in [1.82, 2.24) is 4.98 Å². The normalized spacial score (nSPS) is 24.5. The minimum absolute atomic E-state index is 0.0900. The zero-order valence-corrected chi connectivity index (χ0v) is 13.9. The minimum Gasteiger partial charge on any atom is -0.381 e. The molecule has 1 unspecified atom stereocenters. The van der Waals surface area contributed by atoms with Crippen molar-refractivity contribution < 1.29 is 13.2 Å². The molecule has 0 aromatic carbocycles. The molecule has 2 aliphatic rings. The number of nitrogens with zero attached hydrogens (tertiary/aromatic N) is 1. The highest BCUT2D eigenvalue weighted by Gasteiger charge is 2.24. The van der Waals surface area contributed by atoms with Gasteiger partial charge in [0.05, 0.1) is 28.8 Å². The third-order valence-electron chi connectivity index (χ3n) is 4.39. The standard InChI is InChI=1S/C15H23NO3S2/c17-21(18,10-12-4-3-7-19-8-12)11-14-9-20-15(16-14)13-5-1-2-6-13/h9,12-13H,1-8,10-11H2. The van der Waals surface area contributed by atoms with Crippen molar-refractivity contribution in [2.24, 2.45) is 5.92 Å². The van der Waals surface area contributed by atoms with E-state index in [0.717, 1.165) is 30.2 Å². The van der Waals surface area contributed by atoms with E-state index in [0.29, 0.717) is 12.5 Å². The van der Waals surface area contributed by atoms with Crippen LogP contribution in [0.5, 0.6) is 0 Å². The van der Waals surface area contributed by atoms with Crippen LogP contribution in [0.15, 0.2) is 5.38 Å². The van der Waals surface area contributed by atoms with Crippen molar-refractivity contribution in [2.75, 3.05) is 19.0 Å². The summed E-state index contributed by atoms with van der Waals surface area (Å²) in [6.07, 6.45) is 6.91. The van der Waals surface area contributed by atoms with Crippen LogP contribution in [0.25, 0.3) is 0 Å². The molecular weight excluding hydrogens is 306 g/mol. The van der Waals surface area contributed by atoms with Crippen LogP contribution < -0.4 is 0 Å². The van der Waals surface area contributed by atoms with Gasteiger partial charge >= 0.3 is 0 Å². The Morgan fingerprint density at radius 2 is 2.05 bits per heavy atom. The smallest absolute Gasteiger partial charge is 0.156 e. The molecule has 2 heterocycles. The molecule has 0 spiro atoms. The SMILES string of the molecule is O=S(=O)(Cc1csc(C2CCCC2)n1)CC1CCCOC1. The summed E-state index contributed by atoms with van der Waals surface area (Å²) >= 11 is 1.63. The Balaban J connectivity index is 1.59. The number of thiazole rings is 1. The van der Waals surface area contributed by atoms with E-state index in [-0.39, 0.29) is 17.4 Å². The number of hydrogen-bond donors (Lipinski definition) is 0. The first-order chi connectivity index (χ1) is 10.1. The highest BCUT2D eigenvalue weighted by atomic mass is 32.2. The Hall–Kier alpha value is -0.460. The van der Waals surface area contributed by atoms with Gasteiger partial charge in [0.1, 0.15) is 0 Å². The molecule has 1 saturated carbocycles. The van der Waals surface area contributed by atoms with Gasteiger partial charge in [-0.1, -0.05) is 12.8 Å². The van der Waals surface area contributed by atoms with Crippen LogP contribution in [0.4, 0.5) is 0 Å². The average Bonchev–Trinajstić information content (AvgIpc) is 3.09. The Morgan fingerprint density at radius 3 is 2.76 bits per heavy atom. The molecule has 0 amide bonds. The summed E-state index contributed by atoms with van der Waals surface area (Å²) in [5.41, 5.74) is 0.735. The Morgan fingerprint density at radius 1 is 1.24 bits per heavy atom. The third-order valence-corrected chi connectivity index (χ3v) is 7.16.